The van der Waals surface area contributed by atoms with E-state index in [9.17, 15) is 8.78 Å². The molecule has 0 saturated carbocycles. The molecule has 1 aromatic carbocycles. The molecule has 1 heterocycles. The lowest BCUT2D eigenvalue weighted by Crippen LogP contribution is -2.18. The van der Waals surface area contributed by atoms with E-state index < -0.39 is 6.61 Å². The number of hydrogen-bond acceptors (Lipinski definition) is 3. The molecule has 2 rings (SSSR count). The summed E-state index contributed by atoms with van der Waals surface area (Å²) in [5.74, 6) is 0.192. The average molecular weight is 297 g/mol. The smallest absolute Gasteiger partial charge is 0.387 e. The Morgan fingerprint density at radius 1 is 1.30 bits per heavy atom. The van der Waals surface area contributed by atoms with Crippen molar-refractivity contribution in [2.45, 2.75) is 33.0 Å². The Kier molecular flexibility index (Phi) is 5.09. The molecular formula is C15H17F2NOS. The first-order chi connectivity index (χ1) is 9.56. The molecule has 1 N–H and O–H groups in total. The summed E-state index contributed by atoms with van der Waals surface area (Å²) in [5, 5.41) is 7.61. The number of aryl methyl sites for hydroxylation is 1. The first kappa shape index (κ1) is 14.9. The molecule has 20 heavy (non-hydrogen) atoms. The van der Waals surface area contributed by atoms with E-state index >= 15 is 0 Å². The molecular weight excluding hydrogens is 280 g/mol. The zero-order chi connectivity index (χ0) is 14.5. The van der Waals surface area contributed by atoms with E-state index in [0.717, 1.165) is 12.1 Å². The third-order valence-corrected chi connectivity index (χ3v) is 4.05. The standard InChI is InChI=1S/C15H17F2NOS/c1-10-8-20-9-13(10)7-18-11(2)12-4-3-5-14(6-12)19-15(16)17/h3-6,8-9,11,15,18H,7H2,1-2H3. The normalized spacial score (nSPS) is 12.7. The summed E-state index contributed by atoms with van der Waals surface area (Å²) in [4.78, 5) is 0. The Morgan fingerprint density at radius 2 is 2.10 bits per heavy atom. The summed E-state index contributed by atoms with van der Waals surface area (Å²) < 4.78 is 28.8. The first-order valence-electron chi connectivity index (χ1n) is 6.36. The Morgan fingerprint density at radius 3 is 2.75 bits per heavy atom. The highest BCUT2D eigenvalue weighted by atomic mass is 32.1. The highest BCUT2D eigenvalue weighted by Crippen LogP contribution is 2.21. The van der Waals surface area contributed by atoms with Gasteiger partial charge in [-0.05, 0) is 53.4 Å². The van der Waals surface area contributed by atoms with Crippen molar-refractivity contribution in [3.63, 3.8) is 0 Å². The zero-order valence-electron chi connectivity index (χ0n) is 11.4. The van der Waals surface area contributed by atoms with Crippen LogP contribution in [0, 0.1) is 6.92 Å². The second-order valence-electron chi connectivity index (χ2n) is 4.63. The second-order valence-corrected chi connectivity index (χ2v) is 5.38. The molecule has 0 radical (unpaired) electrons. The van der Waals surface area contributed by atoms with Gasteiger partial charge in [0.2, 0.25) is 0 Å². The third kappa shape index (κ3) is 4.02. The van der Waals surface area contributed by atoms with Crippen LogP contribution in [0.3, 0.4) is 0 Å². The Labute approximate surface area is 121 Å². The molecule has 0 spiro atoms. The van der Waals surface area contributed by atoms with E-state index in [2.05, 4.69) is 27.7 Å². The highest BCUT2D eigenvalue weighted by molar-refractivity contribution is 7.08. The van der Waals surface area contributed by atoms with Crippen LogP contribution in [0.15, 0.2) is 35.0 Å². The molecule has 0 aliphatic rings. The van der Waals surface area contributed by atoms with Gasteiger partial charge < -0.3 is 10.1 Å². The lowest BCUT2D eigenvalue weighted by Gasteiger charge is -2.15. The first-order valence-corrected chi connectivity index (χ1v) is 7.30. The summed E-state index contributed by atoms with van der Waals surface area (Å²) in [7, 11) is 0. The van der Waals surface area contributed by atoms with Gasteiger partial charge in [-0.2, -0.15) is 20.1 Å². The van der Waals surface area contributed by atoms with Crippen molar-refractivity contribution in [1.29, 1.82) is 0 Å². The minimum Gasteiger partial charge on any atom is -0.435 e. The maximum atomic E-state index is 12.2. The van der Waals surface area contributed by atoms with Crippen LogP contribution in [0.1, 0.15) is 29.7 Å². The van der Waals surface area contributed by atoms with Crippen molar-refractivity contribution in [2.24, 2.45) is 0 Å². The van der Waals surface area contributed by atoms with E-state index in [0.29, 0.717) is 0 Å². The van der Waals surface area contributed by atoms with Crippen molar-refractivity contribution in [1.82, 2.24) is 5.32 Å². The molecule has 0 bridgehead atoms. The lowest BCUT2D eigenvalue weighted by molar-refractivity contribution is -0.0499. The zero-order valence-corrected chi connectivity index (χ0v) is 12.2. The van der Waals surface area contributed by atoms with Gasteiger partial charge >= 0.3 is 6.61 Å². The van der Waals surface area contributed by atoms with Crippen LogP contribution >= 0.6 is 11.3 Å². The minimum absolute atomic E-state index is 0.0653. The van der Waals surface area contributed by atoms with E-state index in [1.165, 1.54) is 17.2 Å². The van der Waals surface area contributed by atoms with E-state index in [1.54, 1.807) is 23.5 Å². The van der Waals surface area contributed by atoms with Gasteiger partial charge in [0.15, 0.2) is 0 Å². The van der Waals surface area contributed by atoms with Gasteiger partial charge in [-0.1, -0.05) is 12.1 Å². The Bertz CT molecular complexity index is 556. The maximum Gasteiger partial charge on any atom is 0.387 e. The van der Waals surface area contributed by atoms with Crippen molar-refractivity contribution in [3.05, 3.63) is 51.7 Å². The fourth-order valence-corrected chi connectivity index (χ4v) is 2.77. The van der Waals surface area contributed by atoms with Crippen LogP contribution in [0.5, 0.6) is 5.75 Å². The number of halogens is 2. The molecule has 108 valence electrons. The largest absolute Gasteiger partial charge is 0.435 e. The second kappa shape index (κ2) is 6.81. The number of ether oxygens (including phenoxy) is 1. The minimum atomic E-state index is -2.79. The molecule has 1 atom stereocenters. The molecule has 2 nitrogen and oxygen atoms in total. The maximum absolute atomic E-state index is 12.2. The van der Waals surface area contributed by atoms with Crippen molar-refractivity contribution in [2.75, 3.05) is 0 Å². The predicted octanol–water partition coefficient (Wildman–Crippen LogP) is 4.51. The van der Waals surface area contributed by atoms with E-state index in [1.807, 2.05) is 13.0 Å². The summed E-state index contributed by atoms with van der Waals surface area (Å²) in [5.41, 5.74) is 3.46. The van der Waals surface area contributed by atoms with Gasteiger partial charge in [-0.3, -0.25) is 0 Å². The molecule has 0 aliphatic heterocycles. The quantitative estimate of drug-likeness (QED) is 0.847. The Balaban J connectivity index is 1.98. The van der Waals surface area contributed by atoms with Gasteiger partial charge in [0, 0.05) is 12.6 Å². The molecule has 0 amide bonds. The van der Waals surface area contributed by atoms with Crippen LogP contribution in [-0.4, -0.2) is 6.61 Å². The van der Waals surface area contributed by atoms with Crippen molar-refractivity contribution < 1.29 is 13.5 Å². The summed E-state index contributed by atoms with van der Waals surface area (Å²) in [6.45, 7) is 2.05. The Hall–Kier alpha value is -1.46. The number of benzene rings is 1. The van der Waals surface area contributed by atoms with Crippen LogP contribution in [0.2, 0.25) is 0 Å². The fraction of sp³-hybridized carbons (Fsp3) is 0.333. The molecule has 0 fully saturated rings. The van der Waals surface area contributed by atoms with Crippen LogP contribution < -0.4 is 10.1 Å². The lowest BCUT2D eigenvalue weighted by atomic mass is 10.1. The summed E-state index contributed by atoms with van der Waals surface area (Å²) >= 11 is 1.68. The molecule has 1 aromatic heterocycles. The van der Waals surface area contributed by atoms with Gasteiger partial charge in [-0.25, -0.2) is 0 Å². The predicted molar refractivity (Wildman–Crippen MR) is 77.4 cm³/mol. The van der Waals surface area contributed by atoms with Gasteiger partial charge in [0.1, 0.15) is 5.75 Å². The third-order valence-electron chi connectivity index (χ3n) is 3.14. The molecule has 0 aliphatic carbocycles. The van der Waals surface area contributed by atoms with Gasteiger partial charge in [0.05, 0.1) is 0 Å². The van der Waals surface area contributed by atoms with Gasteiger partial charge in [-0.15, -0.1) is 0 Å². The average Bonchev–Trinajstić information content (AvgIpc) is 2.81. The number of rotatable bonds is 6. The van der Waals surface area contributed by atoms with E-state index in [-0.39, 0.29) is 11.8 Å². The molecule has 0 saturated heterocycles. The SMILES string of the molecule is Cc1cscc1CNC(C)c1cccc(OC(F)F)c1. The summed E-state index contributed by atoms with van der Waals surface area (Å²) in [6.07, 6.45) is 0. The monoisotopic (exact) mass is 297 g/mol. The van der Waals surface area contributed by atoms with Crippen molar-refractivity contribution >= 4 is 11.3 Å². The van der Waals surface area contributed by atoms with Crippen LogP contribution in [-0.2, 0) is 6.54 Å². The fourth-order valence-electron chi connectivity index (χ4n) is 1.91. The van der Waals surface area contributed by atoms with Crippen molar-refractivity contribution in [3.8, 4) is 5.75 Å². The van der Waals surface area contributed by atoms with E-state index in [4.69, 9.17) is 0 Å². The number of nitrogens with one attached hydrogen (secondary N) is 1. The number of thiophene rings is 1. The number of alkyl halides is 2. The van der Waals surface area contributed by atoms with Gasteiger partial charge in [0.25, 0.3) is 0 Å². The molecule has 1 unspecified atom stereocenters. The molecule has 2 aromatic rings. The van der Waals surface area contributed by atoms with Crippen LogP contribution in [0.4, 0.5) is 8.78 Å². The highest BCUT2D eigenvalue weighted by Gasteiger charge is 2.09. The van der Waals surface area contributed by atoms with Crippen LogP contribution in [0.25, 0.3) is 0 Å². The topological polar surface area (TPSA) is 21.3 Å². The molecule has 5 heteroatoms. The number of hydrogen-bond donors (Lipinski definition) is 1. The summed E-state index contributed by atoms with van der Waals surface area (Å²) in [6, 6.07) is 6.86.